The van der Waals surface area contributed by atoms with Gasteiger partial charge in [-0.3, -0.25) is 0 Å². The fourth-order valence-electron chi connectivity index (χ4n) is 1.28. The van der Waals surface area contributed by atoms with Crippen LogP contribution in [0.5, 0.6) is 11.6 Å². The second-order valence-electron chi connectivity index (χ2n) is 3.39. The smallest absolute Gasteiger partial charge is 0.238 e. The number of benzene rings is 1. The molecule has 1 heterocycles. The summed E-state index contributed by atoms with van der Waals surface area (Å²) in [4.78, 5) is 4.09. The number of pyridine rings is 1. The van der Waals surface area contributed by atoms with Crippen LogP contribution in [0.2, 0.25) is 5.02 Å². The fraction of sp³-hybridized carbons (Fsp3) is 0.0833. The Labute approximate surface area is 113 Å². The van der Waals surface area contributed by atoms with Crippen LogP contribution < -0.4 is 10.5 Å². The van der Waals surface area contributed by atoms with Gasteiger partial charge in [0.2, 0.25) is 5.88 Å². The molecule has 0 bridgehead atoms. The van der Waals surface area contributed by atoms with Crippen LogP contribution in [0.1, 0.15) is 5.56 Å². The van der Waals surface area contributed by atoms with Crippen LogP contribution in [-0.4, -0.2) is 4.98 Å². The molecule has 3 nitrogen and oxygen atoms in total. The molecule has 0 aliphatic heterocycles. The molecule has 5 heteroatoms. The summed E-state index contributed by atoms with van der Waals surface area (Å²) in [5.74, 6) is 1.06. The Bertz CT molecular complexity index is 516. The number of rotatable bonds is 3. The van der Waals surface area contributed by atoms with Gasteiger partial charge in [0.1, 0.15) is 10.8 Å². The van der Waals surface area contributed by atoms with E-state index in [1.54, 1.807) is 12.3 Å². The predicted octanol–water partition coefficient (Wildman–Crippen LogP) is 3.75. The summed E-state index contributed by atoms with van der Waals surface area (Å²) < 4.78 is 6.37. The number of nitrogens with zero attached hydrogens (tertiary/aromatic N) is 1. The molecule has 0 spiro atoms. The Balaban J connectivity index is 2.19. The summed E-state index contributed by atoms with van der Waals surface area (Å²) in [6.45, 7) is 0.511. The number of hydrogen-bond acceptors (Lipinski definition) is 3. The molecule has 0 atom stereocenters. The minimum atomic E-state index is 0.385. The van der Waals surface area contributed by atoms with E-state index in [0.29, 0.717) is 23.2 Å². The van der Waals surface area contributed by atoms with E-state index in [-0.39, 0.29) is 0 Å². The van der Waals surface area contributed by atoms with Crippen molar-refractivity contribution in [2.75, 3.05) is 0 Å². The molecule has 0 aliphatic rings. The predicted molar refractivity (Wildman–Crippen MR) is 71.4 cm³/mol. The first-order chi connectivity index (χ1) is 8.19. The molecule has 88 valence electrons. The quantitative estimate of drug-likeness (QED) is 0.939. The number of halogens is 2. The Morgan fingerprint density at radius 2 is 2.00 bits per heavy atom. The van der Waals surface area contributed by atoms with Gasteiger partial charge < -0.3 is 10.5 Å². The van der Waals surface area contributed by atoms with E-state index in [1.165, 1.54) is 0 Å². The van der Waals surface area contributed by atoms with Gasteiger partial charge in [-0.2, -0.15) is 0 Å². The van der Waals surface area contributed by atoms with Crippen LogP contribution in [0.4, 0.5) is 0 Å². The van der Waals surface area contributed by atoms with Gasteiger partial charge in [0.15, 0.2) is 0 Å². The van der Waals surface area contributed by atoms with Crippen molar-refractivity contribution in [1.82, 2.24) is 4.98 Å². The minimum Gasteiger partial charge on any atom is -0.438 e. The lowest BCUT2D eigenvalue weighted by Gasteiger charge is -2.07. The van der Waals surface area contributed by atoms with E-state index in [1.807, 2.05) is 24.3 Å². The number of ether oxygens (including phenoxy) is 1. The van der Waals surface area contributed by atoms with E-state index in [9.17, 15) is 0 Å². The average Bonchev–Trinajstić information content (AvgIpc) is 2.34. The van der Waals surface area contributed by atoms with Gasteiger partial charge in [-0.25, -0.2) is 4.98 Å². The van der Waals surface area contributed by atoms with Crippen LogP contribution in [0.15, 0.2) is 41.0 Å². The van der Waals surface area contributed by atoms with Crippen molar-refractivity contribution >= 4 is 27.5 Å². The van der Waals surface area contributed by atoms with Gasteiger partial charge in [0.05, 0.1) is 0 Å². The second kappa shape index (κ2) is 5.49. The molecular formula is C12H10BrClN2O. The molecule has 1 aromatic heterocycles. The minimum absolute atomic E-state index is 0.385. The summed E-state index contributed by atoms with van der Waals surface area (Å²) in [6.07, 6.45) is 1.63. The molecule has 1 aromatic carbocycles. The monoisotopic (exact) mass is 312 g/mol. The lowest BCUT2D eigenvalue weighted by Crippen LogP contribution is -1.95. The van der Waals surface area contributed by atoms with Crippen LogP contribution >= 0.6 is 27.5 Å². The lowest BCUT2D eigenvalue weighted by molar-refractivity contribution is 0.463. The molecule has 0 unspecified atom stereocenters. The van der Waals surface area contributed by atoms with E-state index >= 15 is 0 Å². The van der Waals surface area contributed by atoms with E-state index in [0.717, 1.165) is 10.0 Å². The van der Waals surface area contributed by atoms with Gasteiger partial charge in [0, 0.05) is 17.2 Å². The largest absolute Gasteiger partial charge is 0.438 e. The zero-order chi connectivity index (χ0) is 12.3. The first-order valence-corrected chi connectivity index (χ1v) is 6.14. The summed E-state index contributed by atoms with van der Waals surface area (Å²) in [6, 6.07) is 9.22. The first-order valence-electron chi connectivity index (χ1n) is 4.97. The number of nitrogens with two attached hydrogens (primary N) is 1. The maximum Gasteiger partial charge on any atom is 0.238 e. The molecule has 0 fully saturated rings. The van der Waals surface area contributed by atoms with Crippen LogP contribution in [0, 0.1) is 0 Å². The van der Waals surface area contributed by atoms with Crippen LogP contribution in [0.3, 0.4) is 0 Å². The van der Waals surface area contributed by atoms with Crippen molar-refractivity contribution in [3.63, 3.8) is 0 Å². The highest BCUT2D eigenvalue weighted by molar-refractivity contribution is 9.10. The summed E-state index contributed by atoms with van der Waals surface area (Å²) in [5, 5.41) is 0.460. The molecular weight excluding hydrogens is 304 g/mol. The Morgan fingerprint density at radius 3 is 2.59 bits per heavy atom. The summed E-state index contributed by atoms with van der Waals surface area (Å²) >= 11 is 9.28. The maximum absolute atomic E-state index is 6.00. The topological polar surface area (TPSA) is 48.1 Å². The van der Waals surface area contributed by atoms with Crippen molar-refractivity contribution in [1.29, 1.82) is 0 Å². The molecule has 2 N–H and O–H groups in total. The first kappa shape index (κ1) is 12.4. The third-order valence-electron chi connectivity index (χ3n) is 2.15. The fourth-order valence-corrected chi connectivity index (χ4v) is 1.95. The zero-order valence-corrected chi connectivity index (χ0v) is 11.2. The lowest BCUT2D eigenvalue weighted by atomic mass is 10.2. The van der Waals surface area contributed by atoms with Crippen molar-refractivity contribution in [3.05, 3.63) is 51.6 Å². The van der Waals surface area contributed by atoms with Gasteiger partial charge in [-0.05, 0) is 39.7 Å². The van der Waals surface area contributed by atoms with Crippen molar-refractivity contribution < 1.29 is 4.74 Å². The molecule has 0 radical (unpaired) electrons. The van der Waals surface area contributed by atoms with Gasteiger partial charge >= 0.3 is 0 Å². The van der Waals surface area contributed by atoms with E-state index in [2.05, 4.69) is 20.9 Å². The third-order valence-corrected chi connectivity index (χ3v) is 2.85. The van der Waals surface area contributed by atoms with Gasteiger partial charge in [-0.15, -0.1) is 0 Å². The summed E-state index contributed by atoms with van der Waals surface area (Å²) in [5.41, 5.74) is 6.56. The third kappa shape index (κ3) is 3.19. The van der Waals surface area contributed by atoms with E-state index < -0.39 is 0 Å². The highest BCUT2D eigenvalue weighted by Crippen LogP contribution is 2.29. The molecule has 17 heavy (non-hydrogen) atoms. The van der Waals surface area contributed by atoms with Gasteiger partial charge in [0.25, 0.3) is 0 Å². The molecule has 0 amide bonds. The molecule has 2 rings (SSSR count). The van der Waals surface area contributed by atoms with Crippen LogP contribution in [0.25, 0.3) is 0 Å². The van der Waals surface area contributed by atoms with Crippen molar-refractivity contribution in [2.45, 2.75) is 6.54 Å². The maximum atomic E-state index is 6.00. The van der Waals surface area contributed by atoms with Crippen molar-refractivity contribution in [3.8, 4) is 11.6 Å². The molecule has 0 saturated heterocycles. The van der Waals surface area contributed by atoms with Gasteiger partial charge in [-0.1, -0.05) is 23.7 Å². The second-order valence-corrected chi connectivity index (χ2v) is 4.71. The zero-order valence-electron chi connectivity index (χ0n) is 8.86. The highest BCUT2D eigenvalue weighted by Gasteiger charge is 2.05. The standard InChI is InChI=1S/C12H10BrClN2O/c13-9-5-11(14)12(16-7-9)17-10-3-1-8(6-15)2-4-10/h1-5,7H,6,15H2. The SMILES string of the molecule is NCc1ccc(Oc2ncc(Br)cc2Cl)cc1. The normalized spacial score (nSPS) is 10.3. The Morgan fingerprint density at radius 1 is 1.29 bits per heavy atom. The Hall–Kier alpha value is -1.10. The molecule has 0 aliphatic carbocycles. The molecule has 2 aromatic rings. The molecule has 0 saturated carbocycles. The average molecular weight is 314 g/mol. The number of hydrogen-bond donors (Lipinski definition) is 1. The van der Waals surface area contributed by atoms with E-state index in [4.69, 9.17) is 22.1 Å². The summed E-state index contributed by atoms with van der Waals surface area (Å²) in [7, 11) is 0. The van der Waals surface area contributed by atoms with Crippen molar-refractivity contribution in [2.24, 2.45) is 5.73 Å². The Kier molecular flexibility index (Phi) is 3.99. The highest BCUT2D eigenvalue weighted by atomic mass is 79.9. The number of aromatic nitrogens is 1. The van der Waals surface area contributed by atoms with Crippen LogP contribution in [-0.2, 0) is 6.54 Å².